The van der Waals surface area contributed by atoms with Crippen molar-refractivity contribution in [1.82, 2.24) is 20.3 Å². The van der Waals surface area contributed by atoms with E-state index in [0.29, 0.717) is 21.6 Å². The SMILES string of the molecule is C=Cc1cc(Cl)cc2nn(CC(C)(N)NC(=O)c3ccc(OC(F)(F)F)cc3)nc12. The van der Waals surface area contributed by atoms with Crippen LogP contribution >= 0.6 is 11.6 Å². The van der Waals surface area contributed by atoms with Crippen LogP contribution in [0.1, 0.15) is 22.8 Å². The molecule has 0 aliphatic heterocycles. The predicted molar refractivity (Wildman–Crippen MR) is 106 cm³/mol. The lowest BCUT2D eigenvalue weighted by Gasteiger charge is -2.25. The first-order valence-corrected chi connectivity index (χ1v) is 8.97. The van der Waals surface area contributed by atoms with Crippen molar-refractivity contribution in [1.29, 1.82) is 0 Å². The van der Waals surface area contributed by atoms with Gasteiger partial charge in [0.25, 0.3) is 5.91 Å². The molecule has 0 aliphatic rings. The minimum atomic E-state index is -4.81. The van der Waals surface area contributed by atoms with Gasteiger partial charge in [-0.15, -0.1) is 13.2 Å². The summed E-state index contributed by atoms with van der Waals surface area (Å²) in [6, 6.07) is 7.82. The number of amides is 1. The number of hydrogen-bond donors (Lipinski definition) is 2. The van der Waals surface area contributed by atoms with Crippen molar-refractivity contribution in [2.45, 2.75) is 25.5 Å². The van der Waals surface area contributed by atoms with Gasteiger partial charge in [0.15, 0.2) is 0 Å². The van der Waals surface area contributed by atoms with E-state index in [1.54, 1.807) is 25.1 Å². The molecule has 0 fully saturated rings. The molecule has 11 heteroatoms. The van der Waals surface area contributed by atoms with Crippen LogP contribution in [0, 0.1) is 0 Å². The van der Waals surface area contributed by atoms with Crippen molar-refractivity contribution >= 4 is 34.6 Å². The quantitative estimate of drug-likeness (QED) is 0.571. The van der Waals surface area contributed by atoms with Crippen LogP contribution in [0.25, 0.3) is 17.1 Å². The molecule has 1 atom stereocenters. The van der Waals surface area contributed by atoms with Gasteiger partial charge < -0.3 is 15.8 Å². The number of rotatable bonds is 6. The maximum Gasteiger partial charge on any atom is 0.573 e. The van der Waals surface area contributed by atoms with Gasteiger partial charge in [-0.05, 0) is 43.3 Å². The smallest absolute Gasteiger partial charge is 0.406 e. The zero-order chi connectivity index (χ0) is 22.1. The number of hydrogen-bond acceptors (Lipinski definition) is 5. The molecule has 158 valence electrons. The second-order valence-corrected chi connectivity index (χ2v) is 7.18. The lowest BCUT2D eigenvalue weighted by molar-refractivity contribution is -0.274. The molecule has 1 aromatic heterocycles. The number of ether oxygens (including phenoxy) is 1. The van der Waals surface area contributed by atoms with Gasteiger partial charge >= 0.3 is 6.36 Å². The first kappa shape index (κ1) is 21.6. The number of alkyl halides is 3. The molecule has 3 aromatic rings. The zero-order valence-electron chi connectivity index (χ0n) is 15.7. The largest absolute Gasteiger partial charge is 0.573 e. The highest BCUT2D eigenvalue weighted by atomic mass is 35.5. The monoisotopic (exact) mass is 439 g/mol. The number of nitrogens with zero attached hydrogens (tertiary/aromatic N) is 3. The minimum absolute atomic E-state index is 0.0247. The predicted octanol–water partition coefficient (Wildman–Crippen LogP) is 3.73. The maximum atomic E-state index is 12.4. The summed E-state index contributed by atoms with van der Waals surface area (Å²) in [5, 5.41) is 11.7. The highest BCUT2D eigenvalue weighted by molar-refractivity contribution is 6.31. The Morgan fingerprint density at radius 1 is 1.30 bits per heavy atom. The Kier molecular flexibility index (Phi) is 5.73. The topological polar surface area (TPSA) is 95.1 Å². The molecule has 0 aliphatic carbocycles. The van der Waals surface area contributed by atoms with Gasteiger partial charge in [-0.2, -0.15) is 15.0 Å². The van der Waals surface area contributed by atoms with E-state index in [2.05, 4.69) is 26.8 Å². The van der Waals surface area contributed by atoms with Gasteiger partial charge in [0.1, 0.15) is 22.4 Å². The van der Waals surface area contributed by atoms with Crippen LogP contribution in [0.4, 0.5) is 13.2 Å². The fourth-order valence-electron chi connectivity index (χ4n) is 2.75. The number of nitrogens with one attached hydrogen (secondary N) is 1. The first-order chi connectivity index (χ1) is 14.0. The molecule has 3 N–H and O–H groups in total. The zero-order valence-corrected chi connectivity index (χ0v) is 16.5. The highest BCUT2D eigenvalue weighted by Gasteiger charge is 2.31. The fraction of sp³-hybridized carbons (Fsp3) is 0.211. The number of carbonyl (C=O) groups is 1. The normalized spacial score (nSPS) is 13.7. The third kappa shape index (κ3) is 5.28. The molecule has 0 saturated heterocycles. The average Bonchev–Trinajstić information content (AvgIpc) is 3.00. The molecule has 30 heavy (non-hydrogen) atoms. The summed E-state index contributed by atoms with van der Waals surface area (Å²) in [5.41, 5.74) is 6.85. The Balaban J connectivity index is 1.72. The lowest BCUT2D eigenvalue weighted by atomic mass is 10.1. The highest BCUT2D eigenvalue weighted by Crippen LogP contribution is 2.24. The first-order valence-electron chi connectivity index (χ1n) is 8.60. The van der Waals surface area contributed by atoms with Crippen LogP contribution in [0.2, 0.25) is 5.02 Å². The third-order valence-corrected chi connectivity index (χ3v) is 4.18. The van der Waals surface area contributed by atoms with Gasteiger partial charge in [0.05, 0.1) is 6.54 Å². The van der Waals surface area contributed by atoms with E-state index in [0.717, 1.165) is 12.1 Å². The van der Waals surface area contributed by atoms with Gasteiger partial charge in [-0.3, -0.25) is 4.79 Å². The molecular weight excluding hydrogens is 423 g/mol. The Morgan fingerprint density at radius 2 is 1.97 bits per heavy atom. The van der Waals surface area contributed by atoms with Crippen LogP contribution in [0.3, 0.4) is 0 Å². The number of carbonyl (C=O) groups excluding carboxylic acids is 1. The third-order valence-electron chi connectivity index (χ3n) is 3.96. The van der Waals surface area contributed by atoms with Gasteiger partial charge in [0.2, 0.25) is 0 Å². The van der Waals surface area contributed by atoms with Crippen LogP contribution in [0.15, 0.2) is 43.0 Å². The molecule has 1 unspecified atom stereocenters. The standard InChI is InChI=1S/C19H17ClF3N5O2/c1-3-11-8-13(20)9-15-16(11)27-28(26-15)10-18(2,24)25-17(29)12-4-6-14(7-5-12)30-19(21,22)23/h3-9H,1,10,24H2,2H3,(H,25,29). The maximum absolute atomic E-state index is 12.4. The van der Waals surface area contributed by atoms with Gasteiger partial charge in [-0.25, -0.2) is 0 Å². The van der Waals surface area contributed by atoms with Crippen LogP contribution in [0.5, 0.6) is 5.75 Å². The van der Waals surface area contributed by atoms with Crippen molar-refractivity contribution < 1.29 is 22.7 Å². The molecule has 0 saturated carbocycles. The summed E-state index contributed by atoms with van der Waals surface area (Å²) in [6.07, 6.45) is -3.21. The van der Waals surface area contributed by atoms with E-state index in [9.17, 15) is 18.0 Å². The summed E-state index contributed by atoms with van der Waals surface area (Å²) >= 11 is 6.05. The fourth-order valence-corrected chi connectivity index (χ4v) is 2.97. The van der Waals surface area contributed by atoms with E-state index in [1.807, 2.05) is 0 Å². The Bertz CT molecular complexity index is 1090. The minimum Gasteiger partial charge on any atom is -0.406 e. The molecule has 3 rings (SSSR count). The summed E-state index contributed by atoms with van der Waals surface area (Å²) in [4.78, 5) is 13.8. The second-order valence-electron chi connectivity index (χ2n) is 6.74. The summed E-state index contributed by atoms with van der Waals surface area (Å²) in [7, 11) is 0. The van der Waals surface area contributed by atoms with Crippen LogP contribution < -0.4 is 15.8 Å². The molecule has 0 spiro atoms. The van der Waals surface area contributed by atoms with Crippen molar-refractivity contribution in [3.05, 3.63) is 59.1 Å². The van der Waals surface area contributed by atoms with Crippen molar-refractivity contribution in [3.63, 3.8) is 0 Å². The van der Waals surface area contributed by atoms with E-state index >= 15 is 0 Å². The number of halogens is 4. The van der Waals surface area contributed by atoms with Crippen LogP contribution in [-0.4, -0.2) is 32.9 Å². The summed E-state index contributed by atoms with van der Waals surface area (Å²) in [5.74, 6) is -1.01. The van der Waals surface area contributed by atoms with E-state index in [-0.39, 0.29) is 12.1 Å². The molecule has 0 bridgehead atoms. The van der Waals surface area contributed by atoms with Crippen LogP contribution in [-0.2, 0) is 6.54 Å². The molecule has 0 radical (unpaired) electrons. The Labute approximate surface area is 174 Å². The lowest BCUT2D eigenvalue weighted by Crippen LogP contribution is -2.56. The Hall–Kier alpha value is -3.11. The molecule has 1 heterocycles. The number of benzene rings is 2. The van der Waals surface area contributed by atoms with Crippen molar-refractivity contribution in [3.8, 4) is 5.75 Å². The van der Waals surface area contributed by atoms with Gasteiger partial charge in [-0.1, -0.05) is 24.3 Å². The van der Waals surface area contributed by atoms with E-state index in [1.165, 1.54) is 16.9 Å². The van der Waals surface area contributed by atoms with Crippen molar-refractivity contribution in [2.24, 2.45) is 5.73 Å². The Morgan fingerprint density at radius 3 is 2.57 bits per heavy atom. The van der Waals surface area contributed by atoms with Crippen molar-refractivity contribution in [2.75, 3.05) is 0 Å². The number of aromatic nitrogens is 3. The average molecular weight is 440 g/mol. The number of nitrogens with two attached hydrogens (primary N) is 1. The number of fused-ring (bicyclic) bond motifs is 1. The van der Waals surface area contributed by atoms with E-state index < -0.39 is 23.7 Å². The molecule has 7 nitrogen and oxygen atoms in total. The van der Waals surface area contributed by atoms with Gasteiger partial charge in [0, 0.05) is 16.1 Å². The van der Waals surface area contributed by atoms with E-state index in [4.69, 9.17) is 17.3 Å². The molecule has 2 aromatic carbocycles. The molecular formula is C19H17ClF3N5O2. The second kappa shape index (κ2) is 7.96. The summed E-state index contributed by atoms with van der Waals surface area (Å²) in [6.45, 7) is 5.30. The molecule has 1 amide bonds. The summed E-state index contributed by atoms with van der Waals surface area (Å²) < 4.78 is 40.5.